The third kappa shape index (κ3) is 4.08. The lowest BCUT2D eigenvalue weighted by Gasteiger charge is -2.04. The molecule has 2 aromatic heterocycles. The molecule has 2 heterocycles. The van der Waals surface area contributed by atoms with Crippen LogP contribution in [0.2, 0.25) is 0 Å². The number of nitrogens with zero attached hydrogens (tertiary/aromatic N) is 5. The fraction of sp³-hybridized carbons (Fsp3) is 0.188. The fourth-order valence-corrected chi connectivity index (χ4v) is 2.25. The number of benzene rings is 1. The Balaban J connectivity index is 1.61. The zero-order valence-electron chi connectivity index (χ0n) is 13.5. The van der Waals surface area contributed by atoms with Gasteiger partial charge >= 0.3 is 5.97 Å². The van der Waals surface area contributed by atoms with Crippen LogP contribution in [0.1, 0.15) is 21.6 Å². The minimum atomic E-state index is -1.15. The van der Waals surface area contributed by atoms with Crippen LogP contribution in [0.5, 0.6) is 0 Å². The van der Waals surface area contributed by atoms with E-state index in [2.05, 4.69) is 20.5 Å². The molecule has 0 atom stereocenters. The Morgan fingerprint density at radius 3 is 2.68 bits per heavy atom. The number of carboxylic acids is 1. The van der Waals surface area contributed by atoms with Crippen LogP contribution in [0.15, 0.2) is 42.9 Å². The summed E-state index contributed by atoms with van der Waals surface area (Å²) in [5.74, 6) is -1.45. The molecule has 128 valence electrons. The number of carbonyl (C=O) groups is 2. The van der Waals surface area contributed by atoms with Gasteiger partial charge in [-0.15, -0.1) is 5.10 Å². The maximum atomic E-state index is 12.0. The van der Waals surface area contributed by atoms with Crippen molar-refractivity contribution in [3.8, 4) is 0 Å². The molecule has 0 bridgehead atoms. The maximum Gasteiger partial charge on any atom is 0.354 e. The van der Waals surface area contributed by atoms with Gasteiger partial charge in [-0.05, 0) is 18.6 Å². The van der Waals surface area contributed by atoms with E-state index in [1.54, 1.807) is 4.68 Å². The summed E-state index contributed by atoms with van der Waals surface area (Å²) in [6.07, 6.45) is 2.84. The summed E-state index contributed by atoms with van der Waals surface area (Å²) < 4.78 is 2.71. The molecule has 0 fully saturated rings. The van der Waals surface area contributed by atoms with Crippen LogP contribution in [0.25, 0.3) is 0 Å². The first kappa shape index (κ1) is 16.4. The second kappa shape index (κ2) is 6.95. The molecular formula is C16H16N6O3. The second-order valence-corrected chi connectivity index (χ2v) is 5.48. The minimum Gasteiger partial charge on any atom is -0.477 e. The standard InChI is InChI=1S/C16H16N6O3/c1-11-2-4-12(5-3-11)8-21-10-17-16(20-21)19-14(23)9-22-13(15(24)25)6-7-18-22/h2-7,10H,8-9H2,1H3,(H,24,25)(H,19,20,23). The molecule has 1 amide bonds. The normalized spacial score (nSPS) is 10.6. The Bertz CT molecular complexity index is 897. The molecule has 1 aromatic carbocycles. The number of hydrogen-bond donors (Lipinski definition) is 2. The molecule has 0 saturated heterocycles. The van der Waals surface area contributed by atoms with Crippen molar-refractivity contribution in [3.05, 3.63) is 59.7 Å². The second-order valence-electron chi connectivity index (χ2n) is 5.48. The largest absolute Gasteiger partial charge is 0.477 e. The van der Waals surface area contributed by atoms with E-state index in [1.807, 2.05) is 31.2 Å². The Morgan fingerprint density at radius 1 is 1.20 bits per heavy atom. The molecule has 0 aliphatic heterocycles. The number of carbonyl (C=O) groups excluding carboxylic acids is 1. The minimum absolute atomic E-state index is 0.0620. The molecule has 0 spiro atoms. The molecular weight excluding hydrogens is 324 g/mol. The van der Waals surface area contributed by atoms with Gasteiger partial charge in [0.15, 0.2) is 0 Å². The van der Waals surface area contributed by atoms with Gasteiger partial charge in [0.05, 0.1) is 6.54 Å². The molecule has 0 aliphatic carbocycles. The van der Waals surface area contributed by atoms with Crippen molar-refractivity contribution in [2.24, 2.45) is 0 Å². The van der Waals surface area contributed by atoms with Gasteiger partial charge in [0, 0.05) is 6.20 Å². The first-order valence-corrected chi connectivity index (χ1v) is 7.51. The molecule has 0 aliphatic rings. The molecule has 3 aromatic rings. The lowest BCUT2D eigenvalue weighted by molar-refractivity contribution is -0.117. The lowest BCUT2D eigenvalue weighted by atomic mass is 10.1. The van der Waals surface area contributed by atoms with Crippen molar-refractivity contribution < 1.29 is 14.7 Å². The number of hydrogen-bond acceptors (Lipinski definition) is 5. The monoisotopic (exact) mass is 340 g/mol. The van der Waals surface area contributed by atoms with E-state index >= 15 is 0 Å². The van der Waals surface area contributed by atoms with Crippen molar-refractivity contribution >= 4 is 17.8 Å². The summed E-state index contributed by atoms with van der Waals surface area (Å²) in [6.45, 7) is 2.31. The zero-order valence-corrected chi connectivity index (χ0v) is 13.5. The number of aryl methyl sites for hydroxylation is 1. The molecule has 3 rings (SSSR count). The van der Waals surface area contributed by atoms with E-state index in [0.29, 0.717) is 6.54 Å². The third-order valence-corrected chi connectivity index (χ3v) is 3.48. The van der Waals surface area contributed by atoms with Gasteiger partial charge in [0.1, 0.15) is 18.6 Å². The number of carboxylic acid groups (broad SMARTS) is 1. The topological polar surface area (TPSA) is 115 Å². The van der Waals surface area contributed by atoms with Gasteiger partial charge < -0.3 is 5.11 Å². The van der Waals surface area contributed by atoms with Crippen LogP contribution in [-0.2, 0) is 17.9 Å². The predicted octanol–water partition coefficient (Wildman–Crippen LogP) is 1.17. The molecule has 2 N–H and O–H groups in total. The number of aromatic nitrogens is 5. The summed E-state index contributed by atoms with van der Waals surface area (Å²) >= 11 is 0. The Labute approximate surface area is 142 Å². The number of rotatable bonds is 6. The zero-order chi connectivity index (χ0) is 17.8. The molecule has 0 unspecified atom stereocenters. The Morgan fingerprint density at radius 2 is 1.96 bits per heavy atom. The quantitative estimate of drug-likeness (QED) is 0.696. The number of aromatic carboxylic acids is 1. The summed E-state index contributed by atoms with van der Waals surface area (Å²) in [7, 11) is 0. The van der Waals surface area contributed by atoms with E-state index in [4.69, 9.17) is 5.11 Å². The van der Waals surface area contributed by atoms with E-state index in [0.717, 1.165) is 10.2 Å². The van der Waals surface area contributed by atoms with E-state index in [1.165, 1.54) is 24.2 Å². The highest BCUT2D eigenvalue weighted by Crippen LogP contribution is 2.06. The average Bonchev–Trinajstić information content (AvgIpc) is 3.19. The smallest absolute Gasteiger partial charge is 0.354 e. The maximum absolute atomic E-state index is 12.0. The van der Waals surface area contributed by atoms with Crippen LogP contribution in [0, 0.1) is 6.92 Å². The van der Waals surface area contributed by atoms with Crippen molar-refractivity contribution in [3.63, 3.8) is 0 Å². The van der Waals surface area contributed by atoms with Crippen LogP contribution in [-0.4, -0.2) is 41.5 Å². The van der Waals surface area contributed by atoms with Gasteiger partial charge in [0.25, 0.3) is 0 Å². The summed E-state index contributed by atoms with van der Waals surface area (Å²) in [4.78, 5) is 27.0. The number of anilines is 1. The highest BCUT2D eigenvalue weighted by atomic mass is 16.4. The van der Waals surface area contributed by atoms with Crippen LogP contribution >= 0.6 is 0 Å². The van der Waals surface area contributed by atoms with Gasteiger partial charge in [-0.2, -0.15) is 5.10 Å². The van der Waals surface area contributed by atoms with Crippen LogP contribution in [0.3, 0.4) is 0 Å². The van der Waals surface area contributed by atoms with Crippen molar-refractivity contribution in [1.29, 1.82) is 0 Å². The Hall–Kier alpha value is -3.49. The van der Waals surface area contributed by atoms with E-state index < -0.39 is 11.9 Å². The highest BCUT2D eigenvalue weighted by molar-refractivity contribution is 5.90. The number of nitrogens with one attached hydrogen (secondary N) is 1. The third-order valence-electron chi connectivity index (χ3n) is 3.48. The predicted molar refractivity (Wildman–Crippen MR) is 88.1 cm³/mol. The summed E-state index contributed by atoms with van der Waals surface area (Å²) in [5.41, 5.74) is 2.18. The first-order chi connectivity index (χ1) is 12.0. The molecule has 0 saturated carbocycles. The summed E-state index contributed by atoms with van der Waals surface area (Å²) in [6, 6.07) is 9.35. The van der Waals surface area contributed by atoms with Crippen LogP contribution < -0.4 is 5.32 Å². The Kier molecular flexibility index (Phi) is 4.55. The van der Waals surface area contributed by atoms with Gasteiger partial charge in [-0.1, -0.05) is 29.8 Å². The molecule has 9 heteroatoms. The van der Waals surface area contributed by atoms with Crippen molar-refractivity contribution in [1.82, 2.24) is 24.5 Å². The summed E-state index contributed by atoms with van der Waals surface area (Å²) in [5, 5.41) is 19.5. The van der Waals surface area contributed by atoms with E-state index in [9.17, 15) is 9.59 Å². The van der Waals surface area contributed by atoms with Gasteiger partial charge in [-0.25, -0.2) is 19.1 Å². The first-order valence-electron chi connectivity index (χ1n) is 7.51. The van der Waals surface area contributed by atoms with Gasteiger partial charge in [-0.3, -0.25) is 10.1 Å². The van der Waals surface area contributed by atoms with Crippen molar-refractivity contribution in [2.75, 3.05) is 5.32 Å². The van der Waals surface area contributed by atoms with E-state index in [-0.39, 0.29) is 18.2 Å². The molecule has 0 radical (unpaired) electrons. The highest BCUT2D eigenvalue weighted by Gasteiger charge is 2.14. The lowest BCUT2D eigenvalue weighted by Crippen LogP contribution is -2.22. The fourth-order valence-electron chi connectivity index (χ4n) is 2.25. The number of amides is 1. The molecule has 25 heavy (non-hydrogen) atoms. The molecule has 9 nitrogen and oxygen atoms in total. The van der Waals surface area contributed by atoms with Gasteiger partial charge in [0.2, 0.25) is 11.9 Å². The van der Waals surface area contributed by atoms with Crippen molar-refractivity contribution in [2.45, 2.75) is 20.0 Å². The SMILES string of the molecule is Cc1ccc(Cn2cnc(NC(=O)Cn3nccc3C(=O)O)n2)cc1. The average molecular weight is 340 g/mol. The van der Waals surface area contributed by atoms with Crippen LogP contribution in [0.4, 0.5) is 5.95 Å².